The molecule has 1 atom stereocenters. The maximum atomic E-state index is 9.44. The van der Waals surface area contributed by atoms with Crippen molar-refractivity contribution in [1.29, 1.82) is 5.26 Å². The summed E-state index contributed by atoms with van der Waals surface area (Å²) in [5, 5.41) is 12.8. The summed E-state index contributed by atoms with van der Waals surface area (Å²) in [5.74, 6) is 0. The Bertz CT molecular complexity index is 469. The van der Waals surface area contributed by atoms with E-state index in [1.165, 1.54) is 16.8 Å². The first-order valence-corrected chi connectivity index (χ1v) is 7.92. The van der Waals surface area contributed by atoms with Gasteiger partial charge in [-0.25, -0.2) is 0 Å². The van der Waals surface area contributed by atoms with Gasteiger partial charge in [-0.3, -0.25) is 5.32 Å². The van der Waals surface area contributed by atoms with Crippen molar-refractivity contribution in [3.05, 3.63) is 29.3 Å². The zero-order valence-electron chi connectivity index (χ0n) is 14.2. The van der Waals surface area contributed by atoms with E-state index in [2.05, 4.69) is 69.2 Å². The molecule has 1 rings (SSSR count). The summed E-state index contributed by atoms with van der Waals surface area (Å²) in [6, 6.07) is 9.10. The lowest BCUT2D eigenvalue weighted by Gasteiger charge is -2.28. The van der Waals surface area contributed by atoms with Crippen LogP contribution in [-0.2, 0) is 0 Å². The van der Waals surface area contributed by atoms with Crippen molar-refractivity contribution < 1.29 is 0 Å². The largest absolute Gasteiger partial charge is 0.375 e. The summed E-state index contributed by atoms with van der Waals surface area (Å²) in [5.41, 5.74) is 3.49. The van der Waals surface area contributed by atoms with E-state index in [4.69, 9.17) is 0 Å². The Balaban J connectivity index is 2.60. The summed E-state index contributed by atoms with van der Waals surface area (Å²) >= 11 is 0. The average molecular weight is 287 g/mol. The molecule has 0 aliphatic rings. The highest BCUT2D eigenvalue weighted by molar-refractivity contribution is 5.50. The zero-order chi connectivity index (χ0) is 15.9. The minimum Gasteiger partial charge on any atom is -0.375 e. The van der Waals surface area contributed by atoms with Crippen LogP contribution in [0.15, 0.2) is 18.2 Å². The second kappa shape index (κ2) is 8.05. The van der Waals surface area contributed by atoms with E-state index >= 15 is 0 Å². The lowest BCUT2D eigenvalue weighted by molar-refractivity contribution is 0.373. The standard InChI is InChI=1S/C18H29N3/c1-6-18(14-19,20-7-2)9-8-10-21(5)17-12-15(3)11-16(4)13-17/h11-13,20H,6-10H2,1-5H3. The number of anilines is 1. The molecule has 0 aromatic heterocycles. The van der Waals surface area contributed by atoms with E-state index in [-0.39, 0.29) is 5.54 Å². The van der Waals surface area contributed by atoms with Gasteiger partial charge in [-0.15, -0.1) is 0 Å². The van der Waals surface area contributed by atoms with Crippen LogP contribution in [0.1, 0.15) is 44.2 Å². The van der Waals surface area contributed by atoms with E-state index in [1.54, 1.807) is 0 Å². The van der Waals surface area contributed by atoms with Crippen LogP contribution in [0.4, 0.5) is 5.69 Å². The SMILES string of the molecule is CCNC(C#N)(CC)CCCN(C)c1cc(C)cc(C)c1. The normalized spacial score (nSPS) is 13.5. The molecule has 0 bridgehead atoms. The van der Waals surface area contributed by atoms with Gasteiger partial charge in [0.2, 0.25) is 0 Å². The van der Waals surface area contributed by atoms with Crippen molar-refractivity contribution in [2.24, 2.45) is 0 Å². The predicted octanol–water partition coefficient (Wildman–Crippen LogP) is 3.80. The van der Waals surface area contributed by atoms with E-state index < -0.39 is 0 Å². The van der Waals surface area contributed by atoms with Crippen LogP contribution < -0.4 is 10.2 Å². The minimum atomic E-state index is -0.363. The predicted molar refractivity (Wildman–Crippen MR) is 90.7 cm³/mol. The molecule has 3 heteroatoms. The molecule has 0 saturated carbocycles. The van der Waals surface area contributed by atoms with Crippen LogP contribution in [0.25, 0.3) is 0 Å². The summed E-state index contributed by atoms with van der Waals surface area (Å²) in [6.45, 7) is 10.2. The highest BCUT2D eigenvalue weighted by Gasteiger charge is 2.25. The third kappa shape index (κ3) is 5.06. The molecule has 1 aromatic carbocycles. The van der Waals surface area contributed by atoms with E-state index in [0.29, 0.717) is 0 Å². The van der Waals surface area contributed by atoms with E-state index in [1.807, 2.05) is 0 Å². The molecule has 1 unspecified atom stereocenters. The fourth-order valence-corrected chi connectivity index (χ4v) is 2.82. The number of nitrogens with one attached hydrogen (secondary N) is 1. The van der Waals surface area contributed by atoms with Gasteiger partial charge < -0.3 is 4.90 Å². The molecule has 1 N–H and O–H groups in total. The van der Waals surface area contributed by atoms with Gasteiger partial charge in [0.05, 0.1) is 6.07 Å². The van der Waals surface area contributed by atoms with Gasteiger partial charge in [0.25, 0.3) is 0 Å². The third-order valence-corrected chi connectivity index (χ3v) is 4.08. The van der Waals surface area contributed by atoms with Crippen molar-refractivity contribution in [1.82, 2.24) is 5.32 Å². The molecular weight excluding hydrogens is 258 g/mol. The molecule has 0 radical (unpaired) electrons. The van der Waals surface area contributed by atoms with Crippen LogP contribution in [0.5, 0.6) is 0 Å². The fourth-order valence-electron chi connectivity index (χ4n) is 2.82. The topological polar surface area (TPSA) is 39.1 Å². The Morgan fingerprint density at radius 1 is 1.19 bits per heavy atom. The number of hydrogen-bond acceptors (Lipinski definition) is 3. The van der Waals surface area contributed by atoms with Crippen molar-refractivity contribution in [3.8, 4) is 6.07 Å². The number of aryl methyl sites for hydroxylation is 2. The first-order valence-electron chi connectivity index (χ1n) is 7.92. The summed E-state index contributed by atoms with van der Waals surface area (Å²) in [4.78, 5) is 2.28. The van der Waals surface area contributed by atoms with Gasteiger partial charge in [-0.2, -0.15) is 5.26 Å². The monoisotopic (exact) mass is 287 g/mol. The van der Waals surface area contributed by atoms with Crippen molar-refractivity contribution in [3.63, 3.8) is 0 Å². The average Bonchev–Trinajstić information content (AvgIpc) is 2.45. The number of hydrogen-bond donors (Lipinski definition) is 1. The molecule has 0 amide bonds. The minimum absolute atomic E-state index is 0.363. The quantitative estimate of drug-likeness (QED) is 0.790. The van der Waals surface area contributed by atoms with Crippen molar-refractivity contribution >= 4 is 5.69 Å². The van der Waals surface area contributed by atoms with E-state index in [0.717, 1.165) is 32.4 Å². The van der Waals surface area contributed by atoms with Gasteiger partial charge in [-0.05, 0) is 62.9 Å². The van der Waals surface area contributed by atoms with Crippen LogP contribution in [-0.4, -0.2) is 25.7 Å². The molecule has 1 aromatic rings. The fraction of sp³-hybridized carbons (Fsp3) is 0.611. The molecule has 0 heterocycles. The second-order valence-electron chi connectivity index (χ2n) is 5.95. The maximum Gasteiger partial charge on any atom is 0.106 e. The maximum absolute atomic E-state index is 9.44. The van der Waals surface area contributed by atoms with E-state index in [9.17, 15) is 5.26 Å². The summed E-state index contributed by atoms with van der Waals surface area (Å²) in [6.07, 6.45) is 2.76. The van der Waals surface area contributed by atoms with Gasteiger partial charge in [-0.1, -0.05) is 19.9 Å². The lowest BCUT2D eigenvalue weighted by Crippen LogP contribution is -2.43. The Labute approximate surface area is 130 Å². The van der Waals surface area contributed by atoms with Crippen LogP contribution in [0.3, 0.4) is 0 Å². The second-order valence-corrected chi connectivity index (χ2v) is 5.95. The van der Waals surface area contributed by atoms with Gasteiger partial charge >= 0.3 is 0 Å². The van der Waals surface area contributed by atoms with Crippen LogP contribution in [0.2, 0.25) is 0 Å². The first kappa shape index (κ1) is 17.5. The Morgan fingerprint density at radius 3 is 2.29 bits per heavy atom. The van der Waals surface area contributed by atoms with Gasteiger partial charge in [0.1, 0.15) is 5.54 Å². The number of benzene rings is 1. The first-order chi connectivity index (χ1) is 9.96. The van der Waals surface area contributed by atoms with Crippen LogP contribution >= 0.6 is 0 Å². The van der Waals surface area contributed by atoms with Gasteiger partial charge in [0.15, 0.2) is 0 Å². The van der Waals surface area contributed by atoms with Gasteiger partial charge in [0, 0.05) is 19.3 Å². The molecule has 116 valence electrons. The number of rotatable bonds is 8. The molecule has 0 fully saturated rings. The smallest absolute Gasteiger partial charge is 0.106 e. The lowest BCUT2D eigenvalue weighted by atomic mass is 9.92. The molecule has 0 aliphatic carbocycles. The van der Waals surface area contributed by atoms with Crippen LogP contribution in [0, 0.1) is 25.2 Å². The molecular formula is C18H29N3. The highest BCUT2D eigenvalue weighted by atomic mass is 15.1. The molecule has 0 saturated heterocycles. The van der Waals surface area contributed by atoms with Crippen molar-refractivity contribution in [2.75, 3.05) is 25.0 Å². The third-order valence-electron chi connectivity index (χ3n) is 4.08. The zero-order valence-corrected chi connectivity index (χ0v) is 14.2. The Kier molecular flexibility index (Phi) is 6.71. The summed E-state index contributed by atoms with van der Waals surface area (Å²) in [7, 11) is 2.13. The molecule has 0 aliphatic heterocycles. The number of nitriles is 1. The Hall–Kier alpha value is -1.53. The molecule has 0 spiro atoms. The Morgan fingerprint density at radius 2 is 1.81 bits per heavy atom. The molecule has 21 heavy (non-hydrogen) atoms. The molecule has 3 nitrogen and oxygen atoms in total. The number of nitrogens with zero attached hydrogens (tertiary/aromatic N) is 2. The summed E-state index contributed by atoms with van der Waals surface area (Å²) < 4.78 is 0. The van der Waals surface area contributed by atoms with Crippen molar-refractivity contribution in [2.45, 2.75) is 52.5 Å². The highest BCUT2D eigenvalue weighted by Crippen LogP contribution is 2.20.